The predicted octanol–water partition coefficient (Wildman–Crippen LogP) is 2.75. The first kappa shape index (κ1) is 12.8. The van der Waals surface area contributed by atoms with Gasteiger partial charge in [-0.15, -0.1) is 22.7 Å². The van der Waals surface area contributed by atoms with Gasteiger partial charge in [0.25, 0.3) is 0 Å². The third-order valence-corrected chi connectivity index (χ3v) is 7.23. The Balaban J connectivity index is 1.94. The molecule has 8 heteroatoms. The summed E-state index contributed by atoms with van der Waals surface area (Å²) in [4.78, 5) is 29.5. The van der Waals surface area contributed by atoms with E-state index in [1.54, 1.807) is 11.3 Å². The Labute approximate surface area is 131 Å². The molecular weight excluding hydrogens is 332 g/mol. The number of fused-ring (bicyclic) bond motifs is 2. The molecular formula is C12H8N2O2S4. The van der Waals surface area contributed by atoms with E-state index in [0.717, 1.165) is 14.8 Å². The number of amides is 2. The lowest BCUT2D eigenvalue weighted by Crippen LogP contribution is -2.30. The molecule has 4 nitrogen and oxygen atoms in total. The molecule has 0 spiro atoms. The molecule has 2 aliphatic rings. The van der Waals surface area contributed by atoms with Crippen LogP contribution in [-0.2, 0) is 9.59 Å². The molecule has 2 N–H and O–H groups in total. The van der Waals surface area contributed by atoms with Gasteiger partial charge in [0.1, 0.15) is 5.25 Å². The van der Waals surface area contributed by atoms with Crippen LogP contribution in [0.4, 0.5) is 0 Å². The molecule has 2 amide bonds. The summed E-state index contributed by atoms with van der Waals surface area (Å²) in [5.74, 6) is -0.764. The first-order chi connectivity index (χ1) is 9.65. The van der Waals surface area contributed by atoms with Gasteiger partial charge in [-0.3, -0.25) is 14.9 Å². The van der Waals surface area contributed by atoms with Crippen molar-refractivity contribution in [2.75, 3.05) is 0 Å². The summed E-state index contributed by atoms with van der Waals surface area (Å²) in [6.45, 7) is 0. The lowest BCUT2D eigenvalue weighted by Gasteiger charge is -2.28. The zero-order chi connectivity index (χ0) is 13.9. The Hall–Kier alpha value is -0.960. The number of aromatic nitrogens is 1. The zero-order valence-corrected chi connectivity index (χ0v) is 13.2. The van der Waals surface area contributed by atoms with Crippen molar-refractivity contribution >= 4 is 58.5 Å². The van der Waals surface area contributed by atoms with Gasteiger partial charge in [0.2, 0.25) is 11.8 Å². The van der Waals surface area contributed by atoms with Crippen LogP contribution in [0.2, 0.25) is 0 Å². The van der Waals surface area contributed by atoms with E-state index in [1.165, 1.54) is 23.1 Å². The van der Waals surface area contributed by atoms with Crippen molar-refractivity contribution in [1.29, 1.82) is 0 Å². The molecule has 2 aliphatic heterocycles. The van der Waals surface area contributed by atoms with Gasteiger partial charge < -0.3 is 4.98 Å². The van der Waals surface area contributed by atoms with Gasteiger partial charge in [-0.25, -0.2) is 0 Å². The molecule has 4 rings (SSSR count). The topological polar surface area (TPSA) is 62.0 Å². The summed E-state index contributed by atoms with van der Waals surface area (Å²) in [6, 6.07) is 3.99. The average molecular weight is 340 g/mol. The van der Waals surface area contributed by atoms with Crippen molar-refractivity contribution in [3.05, 3.63) is 31.2 Å². The van der Waals surface area contributed by atoms with Gasteiger partial charge in [0.15, 0.2) is 3.95 Å². The first-order valence-corrected chi connectivity index (χ1v) is 8.91. The molecule has 20 heavy (non-hydrogen) atoms. The third-order valence-electron chi connectivity index (χ3n) is 3.51. The van der Waals surface area contributed by atoms with E-state index >= 15 is 0 Å². The standard InChI is InChI=1S/C12H8N2O2S4/c15-9-6-5(4-2-1-3-18-4)8-11(14-12(17)20-8)19-7(6)10(16)13-9/h1-3,5-7H,(H,14,17)(H,13,15,16). The fourth-order valence-corrected chi connectivity index (χ4v) is 6.59. The fraction of sp³-hybridized carbons (Fsp3) is 0.250. The molecule has 0 aliphatic carbocycles. The van der Waals surface area contributed by atoms with Crippen molar-refractivity contribution in [1.82, 2.24) is 10.3 Å². The number of nitrogens with one attached hydrogen (secondary N) is 2. The van der Waals surface area contributed by atoms with E-state index in [-0.39, 0.29) is 28.9 Å². The molecule has 0 bridgehead atoms. The summed E-state index contributed by atoms with van der Waals surface area (Å²) in [5.41, 5.74) is 0. The lowest BCUT2D eigenvalue weighted by atomic mass is 9.87. The van der Waals surface area contributed by atoms with Crippen molar-refractivity contribution in [2.24, 2.45) is 5.92 Å². The molecule has 0 saturated carbocycles. The number of aromatic amines is 1. The highest BCUT2D eigenvalue weighted by molar-refractivity contribution is 8.00. The average Bonchev–Trinajstić information content (AvgIpc) is 3.08. The quantitative estimate of drug-likeness (QED) is 0.619. The number of carbonyl (C=O) groups excluding carboxylic acids is 2. The fourth-order valence-electron chi connectivity index (χ4n) is 2.71. The lowest BCUT2D eigenvalue weighted by molar-refractivity contribution is -0.125. The largest absolute Gasteiger partial charge is 0.332 e. The molecule has 102 valence electrons. The number of hydrogen-bond acceptors (Lipinski definition) is 6. The van der Waals surface area contributed by atoms with Crippen molar-refractivity contribution < 1.29 is 9.59 Å². The highest BCUT2D eigenvalue weighted by Gasteiger charge is 2.52. The van der Waals surface area contributed by atoms with E-state index in [1.807, 2.05) is 17.5 Å². The minimum absolute atomic E-state index is 0.0688. The predicted molar refractivity (Wildman–Crippen MR) is 82.0 cm³/mol. The van der Waals surface area contributed by atoms with Crippen LogP contribution in [0.15, 0.2) is 22.5 Å². The Morgan fingerprint density at radius 1 is 1.25 bits per heavy atom. The smallest absolute Gasteiger partial charge is 0.240 e. The molecule has 3 unspecified atom stereocenters. The van der Waals surface area contributed by atoms with Crippen molar-refractivity contribution in [2.45, 2.75) is 16.2 Å². The molecule has 3 atom stereocenters. The van der Waals surface area contributed by atoms with E-state index in [9.17, 15) is 9.59 Å². The first-order valence-electron chi connectivity index (χ1n) is 5.93. The zero-order valence-electron chi connectivity index (χ0n) is 9.91. The van der Waals surface area contributed by atoms with E-state index in [4.69, 9.17) is 12.2 Å². The molecule has 2 aromatic heterocycles. The van der Waals surface area contributed by atoms with Gasteiger partial charge in [0, 0.05) is 15.7 Å². The number of rotatable bonds is 1. The molecule has 1 fully saturated rings. The summed E-state index contributed by atoms with van der Waals surface area (Å²) in [5, 5.41) is 5.03. The van der Waals surface area contributed by atoms with Gasteiger partial charge in [0.05, 0.1) is 10.9 Å². The van der Waals surface area contributed by atoms with Crippen LogP contribution in [0, 0.1) is 9.87 Å². The number of H-pyrrole nitrogens is 1. The summed E-state index contributed by atoms with van der Waals surface area (Å²) < 4.78 is 0.692. The van der Waals surface area contributed by atoms with Crippen molar-refractivity contribution in [3.8, 4) is 0 Å². The van der Waals surface area contributed by atoms with E-state index in [0.29, 0.717) is 3.95 Å². The van der Waals surface area contributed by atoms with Crippen LogP contribution in [0.5, 0.6) is 0 Å². The number of hydrogen-bond donors (Lipinski definition) is 2. The number of thiazole rings is 1. The van der Waals surface area contributed by atoms with Crippen LogP contribution in [0.1, 0.15) is 15.7 Å². The number of imide groups is 1. The molecule has 1 saturated heterocycles. The Morgan fingerprint density at radius 3 is 2.85 bits per heavy atom. The third kappa shape index (κ3) is 1.75. The maximum atomic E-state index is 12.2. The van der Waals surface area contributed by atoms with Crippen LogP contribution < -0.4 is 5.32 Å². The minimum Gasteiger partial charge on any atom is -0.332 e. The monoisotopic (exact) mass is 340 g/mol. The van der Waals surface area contributed by atoms with Gasteiger partial charge in [-0.1, -0.05) is 17.8 Å². The molecule has 0 radical (unpaired) electrons. The Morgan fingerprint density at radius 2 is 2.10 bits per heavy atom. The SMILES string of the molecule is O=C1NC(=O)C2C1Sc1[nH]c(=S)sc1C2c1cccs1. The normalized spacial score (nSPS) is 28.1. The van der Waals surface area contributed by atoms with E-state index in [2.05, 4.69) is 10.3 Å². The number of thiophene rings is 1. The second-order valence-corrected chi connectivity index (χ2v) is 8.47. The molecule has 4 heterocycles. The van der Waals surface area contributed by atoms with Crippen molar-refractivity contribution in [3.63, 3.8) is 0 Å². The molecule has 2 aromatic rings. The summed E-state index contributed by atoms with van der Waals surface area (Å²) in [6.07, 6.45) is 0. The Kier molecular flexibility index (Phi) is 2.88. The maximum absolute atomic E-state index is 12.2. The van der Waals surface area contributed by atoms with Crippen LogP contribution >= 0.6 is 46.7 Å². The Bertz CT molecular complexity index is 761. The second-order valence-electron chi connectivity index (χ2n) is 4.62. The van der Waals surface area contributed by atoms with E-state index < -0.39 is 0 Å². The number of carbonyl (C=O) groups is 2. The van der Waals surface area contributed by atoms with Gasteiger partial charge in [-0.2, -0.15) is 0 Å². The highest BCUT2D eigenvalue weighted by atomic mass is 32.2. The van der Waals surface area contributed by atoms with Gasteiger partial charge >= 0.3 is 0 Å². The van der Waals surface area contributed by atoms with Crippen LogP contribution in [-0.4, -0.2) is 22.0 Å². The summed E-state index contributed by atoms with van der Waals surface area (Å²) >= 11 is 9.76. The molecule has 0 aromatic carbocycles. The summed E-state index contributed by atoms with van der Waals surface area (Å²) in [7, 11) is 0. The van der Waals surface area contributed by atoms with Crippen LogP contribution in [0.3, 0.4) is 0 Å². The van der Waals surface area contributed by atoms with Gasteiger partial charge in [-0.05, 0) is 23.7 Å². The highest BCUT2D eigenvalue weighted by Crippen LogP contribution is 2.52. The van der Waals surface area contributed by atoms with Crippen LogP contribution in [0.25, 0.3) is 0 Å². The minimum atomic E-state index is -0.359. The second kappa shape index (κ2) is 4.52. The maximum Gasteiger partial charge on any atom is 0.240 e. The number of thioether (sulfide) groups is 1.